The van der Waals surface area contributed by atoms with Crippen molar-refractivity contribution in [2.75, 3.05) is 43.5 Å². The molecule has 1 unspecified atom stereocenters. The first-order chi connectivity index (χ1) is 10.8. The minimum atomic E-state index is -0.00871. The van der Waals surface area contributed by atoms with E-state index in [1.807, 2.05) is 4.57 Å². The second-order valence-corrected chi connectivity index (χ2v) is 5.65. The van der Waals surface area contributed by atoms with E-state index in [9.17, 15) is 0 Å². The molecule has 0 radical (unpaired) electrons. The van der Waals surface area contributed by atoms with Gasteiger partial charge < -0.3 is 20.1 Å². The maximum Gasteiger partial charge on any atom is 0.229 e. The van der Waals surface area contributed by atoms with E-state index < -0.39 is 0 Å². The summed E-state index contributed by atoms with van der Waals surface area (Å²) in [4.78, 5) is 15.6. The van der Waals surface area contributed by atoms with Gasteiger partial charge in [0.2, 0.25) is 5.95 Å². The third-order valence-corrected chi connectivity index (χ3v) is 4.20. The quantitative estimate of drug-likeness (QED) is 0.883. The van der Waals surface area contributed by atoms with E-state index in [-0.39, 0.29) is 6.23 Å². The van der Waals surface area contributed by atoms with Gasteiger partial charge in [0.25, 0.3) is 0 Å². The molecule has 0 aliphatic carbocycles. The molecular weight excluding hydrogens is 284 g/mol. The Morgan fingerprint density at radius 3 is 2.77 bits per heavy atom. The van der Waals surface area contributed by atoms with Crippen LogP contribution >= 0.6 is 0 Å². The lowest BCUT2D eigenvalue weighted by Crippen LogP contribution is -2.37. The average molecular weight is 304 g/mol. The lowest BCUT2D eigenvalue weighted by Gasteiger charge is -2.27. The SMILES string of the molecule is Nc1nc(N2CCOCC2)nc2c1ncn2C1CCCCO1. The van der Waals surface area contributed by atoms with Crippen molar-refractivity contribution in [2.24, 2.45) is 0 Å². The summed E-state index contributed by atoms with van der Waals surface area (Å²) in [5, 5.41) is 0. The van der Waals surface area contributed by atoms with Crippen LogP contribution in [0, 0.1) is 0 Å². The number of anilines is 2. The number of rotatable bonds is 2. The molecule has 1 atom stereocenters. The molecule has 2 aliphatic rings. The second-order valence-electron chi connectivity index (χ2n) is 5.65. The van der Waals surface area contributed by atoms with E-state index in [1.165, 1.54) is 0 Å². The van der Waals surface area contributed by atoms with Crippen LogP contribution in [0.3, 0.4) is 0 Å². The van der Waals surface area contributed by atoms with Crippen molar-refractivity contribution in [3.8, 4) is 0 Å². The van der Waals surface area contributed by atoms with Crippen LogP contribution in [0.4, 0.5) is 11.8 Å². The van der Waals surface area contributed by atoms with Gasteiger partial charge in [0.15, 0.2) is 11.5 Å². The Hall–Kier alpha value is -1.93. The molecule has 2 saturated heterocycles. The third-order valence-electron chi connectivity index (χ3n) is 4.20. The molecule has 0 aromatic carbocycles. The van der Waals surface area contributed by atoms with Crippen LogP contribution in [0.5, 0.6) is 0 Å². The molecule has 4 rings (SSSR count). The zero-order valence-electron chi connectivity index (χ0n) is 12.4. The summed E-state index contributed by atoms with van der Waals surface area (Å²) in [6.07, 6.45) is 4.99. The summed E-state index contributed by atoms with van der Waals surface area (Å²) in [6.45, 7) is 3.71. The maximum atomic E-state index is 6.08. The molecule has 2 aromatic rings. The molecule has 0 spiro atoms. The fourth-order valence-corrected chi connectivity index (χ4v) is 2.99. The van der Waals surface area contributed by atoms with Crippen LogP contribution in [0.15, 0.2) is 6.33 Å². The predicted octanol–water partition coefficient (Wildman–Crippen LogP) is 0.944. The van der Waals surface area contributed by atoms with Gasteiger partial charge in [-0.25, -0.2) is 4.98 Å². The molecule has 118 valence electrons. The number of nitrogens with zero attached hydrogens (tertiary/aromatic N) is 5. The first kappa shape index (κ1) is 13.7. The number of nitrogen functional groups attached to an aromatic ring is 1. The van der Waals surface area contributed by atoms with Gasteiger partial charge in [-0.1, -0.05) is 0 Å². The molecule has 8 heteroatoms. The van der Waals surface area contributed by atoms with Gasteiger partial charge in [0.1, 0.15) is 11.7 Å². The Labute approximate surface area is 128 Å². The highest BCUT2D eigenvalue weighted by molar-refractivity contribution is 5.83. The molecule has 4 heterocycles. The van der Waals surface area contributed by atoms with Gasteiger partial charge in [0.05, 0.1) is 19.5 Å². The average Bonchev–Trinajstić information content (AvgIpc) is 3.01. The Balaban J connectivity index is 1.74. The van der Waals surface area contributed by atoms with E-state index in [0.717, 1.165) is 44.6 Å². The van der Waals surface area contributed by atoms with Crippen molar-refractivity contribution in [1.29, 1.82) is 0 Å². The van der Waals surface area contributed by atoms with E-state index in [2.05, 4.69) is 14.9 Å². The van der Waals surface area contributed by atoms with Gasteiger partial charge in [-0.05, 0) is 19.3 Å². The number of ether oxygens (including phenoxy) is 2. The predicted molar refractivity (Wildman–Crippen MR) is 81.6 cm³/mol. The van der Waals surface area contributed by atoms with Gasteiger partial charge in [-0.15, -0.1) is 0 Å². The summed E-state index contributed by atoms with van der Waals surface area (Å²) in [5.41, 5.74) is 7.48. The topological polar surface area (TPSA) is 91.3 Å². The van der Waals surface area contributed by atoms with E-state index in [1.54, 1.807) is 6.33 Å². The molecule has 2 N–H and O–H groups in total. The summed E-state index contributed by atoms with van der Waals surface area (Å²) in [7, 11) is 0. The molecule has 8 nitrogen and oxygen atoms in total. The van der Waals surface area contributed by atoms with E-state index in [4.69, 9.17) is 20.2 Å². The van der Waals surface area contributed by atoms with Crippen LogP contribution in [0.25, 0.3) is 11.2 Å². The monoisotopic (exact) mass is 304 g/mol. The highest BCUT2D eigenvalue weighted by atomic mass is 16.5. The first-order valence-electron chi connectivity index (χ1n) is 7.77. The minimum absolute atomic E-state index is 0.00871. The second kappa shape index (κ2) is 5.69. The zero-order chi connectivity index (χ0) is 14.9. The molecular formula is C14H20N6O2. The Morgan fingerprint density at radius 1 is 1.14 bits per heavy atom. The third kappa shape index (κ3) is 2.38. The molecule has 0 amide bonds. The lowest BCUT2D eigenvalue weighted by atomic mass is 10.2. The normalized spacial score (nSPS) is 23.1. The molecule has 2 fully saturated rings. The number of fused-ring (bicyclic) bond motifs is 1. The van der Waals surface area contributed by atoms with Gasteiger partial charge in [0, 0.05) is 19.7 Å². The minimum Gasteiger partial charge on any atom is -0.382 e. The van der Waals surface area contributed by atoms with Crippen LogP contribution in [0.1, 0.15) is 25.5 Å². The molecule has 2 aliphatic heterocycles. The van der Waals surface area contributed by atoms with Crippen molar-refractivity contribution < 1.29 is 9.47 Å². The van der Waals surface area contributed by atoms with Gasteiger partial charge >= 0.3 is 0 Å². The number of nitrogens with two attached hydrogens (primary N) is 1. The zero-order valence-corrected chi connectivity index (χ0v) is 12.4. The molecule has 2 aromatic heterocycles. The summed E-state index contributed by atoms with van der Waals surface area (Å²) >= 11 is 0. The fraction of sp³-hybridized carbons (Fsp3) is 0.643. The molecule has 0 bridgehead atoms. The smallest absolute Gasteiger partial charge is 0.229 e. The van der Waals surface area contributed by atoms with E-state index >= 15 is 0 Å². The highest BCUT2D eigenvalue weighted by Crippen LogP contribution is 2.28. The lowest BCUT2D eigenvalue weighted by molar-refractivity contribution is -0.0298. The molecule has 0 saturated carbocycles. The van der Waals surface area contributed by atoms with Gasteiger partial charge in [-0.3, -0.25) is 4.57 Å². The maximum absolute atomic E-state index is 6.08. The summed E-state index contributed by atoms with van der Waals surface area (Å²) < 4.78 is 13.2. The van der Waals surface area contributed by atoms with Crippen molar-refractivity contribution in [1.82, 2.24) is 19.5 Å². The fourth-order valence-electron chi connectivity index (χ4n) is 2.99. The number of imidazole rings is 1. The van der Waals surface area contributed by atoms with Gasteiger partial charge in [-0.2, -0.15) is 9.97 Å². The number of aromatic nitrogens is 4. The van der Waals surface area contributed by atoms with E-state index in [0.29, 0.717) is 30.5 Å². The Bertz CT molecular complexity index is 661. The van der Waals surface area contributed by atoms with Crippen LogP contribution in [-0.2, 0) is 9.47 Å². The number of hydrogen-bond acceptors (Lipinski definition) is 7. The number of morpholine rings is 1. The standard InChI is InChI=1S/C14H20N6O2/c15-12-11-13(18-14(17-12)19-4-7-21-8-5-19)20(9-16-11)10-3-1-2-6-22-10/h9-10H,1-8H2,(H2,15,17,18). The summed E-state index contributed by atoms with van der Waals surface area (Å²) in [5.74, 6) is 1.06. The highest BCUT2D eigenvalue weighted by Gasteiger charge is 2.22. The van der Waals surface area contributed by atoms with Crippen LogP contribution in [0.2, 0.25) is 0 Å². The van der Waals surface area contributed by atoms with Crippen molar-refractivity contribution in [2.45, 2.75) is 25.5 Å². The van der Waals surface area contributed by atoms with Crippen LogP contribution < -0.4 is 10.6 Å². The van der Waals surface area contributed by atoms with Crippen molar-refractivity contribution in [3.05, 3.63) is 6.33 Å². The van der Waals surface area contributed by atoms with Crippen LogP contribution in [-0.4, -0.2) is 52.4 Å². The van der Waals surface area contributed by atoms with Crippen molar-refractivity contribution in [3.63, 3.8) is 0 Å². The Morgan fingerprint density at radius 2 is 2.00 bits per heavy atom. The number of hydrogen-bond donors (Lipinski definition) is 1. The first-order valence-corrected chi connectivity index (χ1v) is 7.77. The molecule has 22 heavy (non-hydrogen) atoms. The largest absolute Gasteiger partial charge is 0.382 e. The van der Waals surface area contributed by atoms with Crippen molar-refractivity contribution >= 4 is 22.9 Å². The Kier molecular flexibility index (Phi) is 3.55. The summed E-state index contributed by atoms with van der Waals surface area (Å²) in [6, 6.07) is 0.